The summed E-state index contributed by atoms with van der Waals surface area (Å²) in [6.45, 7) is 0. The number of carbonyl (C=O) groups is 1. The van der Waals surface area contributed by atoms with Crippen LogP contribution in [0.3, 0.4) is 0 Å². The van der Waals surface area contributed by atoms with Gasteiger partial charge >= 0.3 is 0 Å². The third-order valence-corrected chi connectivity index (χ3v) is 4.77. The first-order valence-corrected chi connectivity index (χ1v) is 6.86. The maximum absolute atomic E-state index is 11.5. The normalized spacial score (nSPS) is 30.7. The molecule has 7 heteroatoms. The number of nitrogens with two attached hydrogens (primary N) is 2. The van der Waals surface area contributed by atoms with Crippen molar-refractivity contribution in [2.45, 2.75) is 43.9 Å². The highest BCUT2D eigenvalue weighted by Crippen LogP contribution is 2.43. The third-order valence-electron chi connectivity index (χ3n) is 3.89. The molecule has 0 spiro atoms. The van der Waals surface area contributed by atoms with E-state index in [0.717, 1.165) is 30.7 Å². The molecule has 2 aliphatic rings. The van der Waals surface area contributed by atoms with Gasteiger partial charge in [-0.25, -0.2) is 0 Å². The number of aliphatic hydroxyl groups excluding tert-OH is 1. The zero-order chi connectivity index (χ0) is 12.9. The summed E-state index contributed by atoms with van der Waals surface area (Å²) < 4.78 is 4.04. The standard InChI is InChI=1S/C11H16N4O2S/c12-9-8(10(13)17)11(18-14-9)15-5-1-2-6(15)4-7(16)3-5/h5-7,16H,1-4H2,(H2,12,14)(H2,13,17). The van der Waals surface area contributed by atoms with Crippen LogP contribution in [0.25, 0.3) is 0 Å². The lowest BCUT2D eigenvalue weighted by Crippen LogP contribution is -2.45. The molecule has 1 aromatic heterocycles. The average Bonchev–Trinajstić information content (AvgIpc) is 2.77. The summed E-state index contributed by atoms with van der Waals surface area (Å²) in [6, 6.07) is 0.549. The predicted octanol–water partition coefficient (Wildman–Crippen LogP) is 0.316. The lowest BCUT2D eigenvalue weighted by Gasteiger charge is -2.38. The number of rotatable bonds is 2. The zero-order valence-corrected chi connectivity index (χ0v) is 10.7. The van der Waals surface area contributed by atoms with Crippen LogP contribution in [-0.4, -0.2) is 33.6 Å². The minimum Gasteiger partial charge on any atom is -0.393 e. The Morgan fingerprint density at radius 1 is 1.39 bits per heavy atom. The molecule has 98 valence electrons. The summed E-state index contributed by atoms with van der Waals surface area (Å²) in [5.41, 5.74) is 11.4. The molecule has 2 aliphatic heterocycles. The van der Waals surface area contributed by atoms with Crippen molar-refractivity contribution in [3.8, 4) is 0 Å². The molecule has 0 aliphatic carbocycles. The third kappa shape index (κ3) is 1.65. The summed E-state index contributed by atoms with van der Waals surface area (Å²) in [5, 5.41) is 10.6. The topological polar surface area (TPSA) is 105 Å². The molecule has 2 unspecified atom stereocenters. The van der Waals surface area contributed by atoms with Gasteiger partial charge in [-0.15, -0.1) is 0 Å². The number of carbonyl (C=O) groups excluding carboxylic acids is 1. The van der Waals surface area contributed by atoms with E-state index in [9.17, 15) is 9.90 Å². The fourth-order valence-corrected chi connectivity index (χ4v) is 4.15. The molecule has 1 aromatic rings. The van der Waals surface area contributed by atoms with Crippen LogP contribution in [0.2, 0.25) is 0 Å². The van der Waals surface area contributed by atoms with Gasteiger partial charge in [0.2, 0.25) is 0 Å². The Labute approximate surface area is 109 Å². The Morgan fingerprint density at radius 3 is 2.56 bits per heavy atom. The lowest BCUT2D eigenvalue weighted by molar-refractivity contribution is 0.100. The second-order valence-electron chi connectivity index (χ2n) is 5.03. The molecule has 0 saturated carbocycles. The Morgan fingerprint density at radius 2 is 2.00 bits per heavy atom. The van der Waals surface area contributed by atoms with Crippen molar-refractivity contribution >= 4 is 28.3 Å². The molecule has 2 atom stereocenters. The van der Waals surface area contributed by atoms with E-state index < -0.39 is 5.91 Å². The van der Waals surface area contributed by atoms with Gasteiger partial charge in [0.1, 0.15) is 10.6 Å². The highest BCUT2D eigenvalue weighted by atomic mass is 32.1. The Balaban J connectivity index is 1.99. The molecule has 6 nitrogen and oxygen atoms in total. The molecule has 3 rings (SSSR count). The van der Waals surface area contributed by atoms with Crippen LogP contribution in [0.15, 0.2) is 0 Å². The van der Waals surface area contributed by atoms with E-state index in [0.29, 0.717) is 5.56 Å². The van der Waals surface area contributed by atoms with Gasteiger partial charge in [0.15, 0.2) is 5.82 Å². The van der Waals surface area contributed by atoms with E-state index in [1.807, 2.05) is 0 Å². The Hall–Kier alpha value is -1.34. The highest BCUT2D eigenvalue weighted by Gasteiger charge is 2.42. The first kappa shape index (κ1) is 11.7. The minimum atomic E-state index is -0.526. The van der Waals surface area contributed by atoms with Crippen molar-refractivity contribution in [2.75, 3.05) is 10.6 Å². The number of aromatic nitrogens is 1. The van der Waals surface area contributed by atoms with Crippen molar-refractivity contribution in [1.29, 1.82) is 0 Å². The molecule has 2 bridgehead atoms. The van der Waals surface area contributed by atoms with Gasteiger partial charge in [-0.3, -0.25) is 4.79 Å². The number of nitrogen functional groups attached to an aromatic ring is 1. The van der Waals surface area contributed by atoms with E-state index in [-0.39, 0.29) is 24.0 Å². The molecular formula is C11H16N4O2S. The van der Waals surface area contributed by atoms with Crippen LogP contribution in [0.1, 0.15) is 36.0 Å². The van der Waals surface area contributed by atoms with Gasteiger partial charge in [-0.1, -0.05) is 0 Å². The van der Waals surface area contributed by atoms with Crippen molar-refractivity contribution < 1.29 is 9.90 Å². The molecule has 1 amide bonds. The first-order valence-electron chi connectivity index (χ1n) is 6.09. The van der Waals surface area contributed by atoms with Crippen LogP contribution in [0.5, 0.6) is 0 Å². The van der Waals surface area contributed by atoms with Crippen LogP contribution in [0.4, 0.5) is 10.8 Å². The maximum atomic E-state index is 11.5. The summed E-state index contributed by atoms with van der Waals surface area (Å²) >= 11 is 1.23. The lowest BCUT2D eigenvalue weighted by atomic mass is 10.00. The van der Waals surface area contributed by atoms with E-state index >= 15 is 0 Å². The summed E-state index contributed by atoms with van der Waals surface area (Å²) in [7, 11) is 0. The van der Waals surface area contributed by atoms with Gasteiger partial charge < -0.3 is 21.5 Å². The van der Waals surface area contributed by atoms with Crippen LogP contribution in [-0.2, 0) is 0 Å². The second kappa shape index (κ2) is 4.10. The predicted molar refractivity (Wildman–Crippen MR) is 69.6 cm³/mol. The molecule has 0 radical (unpaired) electrons. The highest BCUT2D eigenvalue weighted by molar-refractivity contribution is 7.11. The number of primary amides is 1. The van der Waals surface area contributed by atoms with Crippen LogP contribution in [0, 0.1) is 0 Å². The first-order chi connectivity index (χ1) is 8.58. The number of aliphatic hydroxyl groups is 1. The van der Waals surface area contributed by atoms with Crippen molar-refractivity contribution in [2.24, 2.45) is 5.73 Å². The number of piperidine rings is 1. The Kier molecular flexibility index (Phi) is 2.67. The summed E-state index contributed by atoms with van der Waals surface area (Å²) in [5.74, 6) is -0.310. The largest absolute Gasteiger partial charge is 0.393 e. The van der Waals surface area contributed by atoms with Crippen molar-refractivity contribution in [3.63, 3.8) is 0 Å². The number of hydrogen-bond acceptors (Lipinski definition) is 6. The SMILES string of the molecule is NC(=O)c1c(N)nsc1N1C2CCC1CC(O)C2. The number of nitrogens with zero attached hydrogens (tertiary/aromatic N) is 2. The molecule has 2 saturated heterocycles. The van der Waals surface area contributed by atoms with Gasteiger partial charge in [0.25, 0.3) is 5.91 Å². The molecular weight excluding hydrogens is 252 g/mol. The monoisotopic (exact) mass is 268 g/mol. The van der Waals surface area contributed by atoms with Gasteiger partial charge in [-0.05, 0) is 37.2 Å². The van der Waals surface area contributed by atoms with E-state index in [1.54, 1.807) is 0 Å². The fourth-order valence-electron chi connectivity index (χ4n) is 3.18. The summed E-state index contributed by atoms with van der Waals surface area (Å²) in [6.07, 6.45) is 3.33. The van der Waals surface area contributed by atoms with E-state index in [2.05, 4.69) is 9.27 Å². The molecule has 18 heavy (non-hydrogen) atoms. The number of amides is 1. The van der Waals surface area contributed by atoms with E-state index in [1.165, 1.54) is 11.5 Å². The smallest absolute Gasteiger partial charge is 0.255 e. The number of anilines is 2. The Bertz CT molecular complexity index is 475. The van der Waals surface area contributed by atoms with Crippen molar-refractivity contribution in [1.82, 2.24) is 4.37 Å². The number of fused-ring (bicyclic) bond motifs is 2. The number of hydrogen-bond donors (Lipinski definition) is 3. The van der Waals surface area contributed by atoms with E-state index in [4.69, 9.17) is 11.5 Å². The fraction of sp³-hybridized carbons (Fsp3) is 0.636. The van der Waals surface area contributed by atoms with Gasteiger partial charge in [0, 0.05) is 12.1 Å². The maximum Gasteiger partial charge on any atom is 0.255 e. The molecule has 3 heterocycles. The quantitative estimate of drug-likeness (QED) is 0.716. The average molecular weight is 268 g/mol. The molecule has 0 aromatic carbocycles. The minimum absolute atomic E-state index is 0.216. The zero-order valence-electron chi connectivity index (χ0n) is 9.87. The molecule has 2 fully saturated rings. The van der Waals surface area contributed by atoms with Gasteiger partial charge in [-0.2, -0.15) is 4.37 Å². The molecule has 5 N–H and O–H groups in total. The van der Waals surface area contributed by atoms with Gasteiger partial charge in [0.05, 0.1) is 6.10 Å². The van der Waals surface area contributed by atoms with Crippen LogP contribution >= 0.6 is 11.5 Å². The van der Waals surface area contributed by atoms with Crippen LogP contribution < -0.4 is 16.4 Å². The second-order valence-corrected chi connectivity index (χ2v) is 5.78. The summed E-state index contributed by atoms with van der Waals surface area (Å²) in [4.78, 5) is 13.7. The van der Waals surface area contributed by atoms with Crippen molar-refractivity contribution in [3.05, 3.63) is 5.56 Å².